The average molecular weight is 427 g/mol. The summed E-state index contributed by atoms with van der Waals surface area (Å²) in [5.74, 6) is -0.0849. The van der Waals surface area contributed by atoms with Crippen LogP contribution in [0.4, 0.5) is 11.4 Å². The monoisotopic (exact) mass is 426 g/mol. The van der Waals surface area contributed by atoms with Gasteiger partial charge in [-0.05, 0) is 48.7 Å². The summed E-state index contributed by atoms with van der Waals surface area (Å²) in [4.78, 5) is 25.9. The van der Waals surface area contributed by atoms with Gasteiger partial charge in [-0.25, -0.2) is 9.97 Å². The number of aryl methyl sites for hydroxylation is 2. The Bertz CT molecular complexity index is 1060. The van der Waals surface area contributed by atoms with Crippen molar-refractivity contribution in [2.75, 3.05) is 29.9 Å². The van der Waals surface area contributed by atoms with E-state index in [2.05, 4.69) is 14.9 Å². The van der Waals surface area contributed by atoms with E-state index in [-0.39, 0.29) is 5.91 Å². The number of likely N-dealkylation sites (N-methyl/N-ethyl adjacent to an activating group) is 1. The third-order valence-electron chi connectivity index (χ3n) is 5.15. The minimum Gasteiger partial charge on any atom is -0.371 e. The van der Waals surface area contributed by atoms with E-state index in [4.69, 9.17) is 23.2 Å². The molecule has 2 heterocycles. The van der Waals surface area contributed by atoms with Crippen LogP contribution in [-0.2, 0) is 12.8 Å². The normalized spacial score (nSPS) is 13.3. The molecule has 1 aliphatic heterocycles. The summed E-state index contributed by atoms with van der Waals surface area (Å²) in [6, 6.07) is 13.3. The van der Waals surface area contributed by atoms with Gasteiger partial charge in [0, 0.05) is 36.4 Å². The minimum atomic E-state index is -0.0849. The van der Waals surface area contributed by atoms with Gasteiger partial charge >= 0.3 is 0 Å². The Morgan fingerprint density at radius 2 is 1.86 bits per heavy atom. The molecule has 0 fully saturated rings. The molecule has 1 amide bonds. The molecule has 0 saturated heterocycles. The molecule has 29 heavy (non-hydrogen) atoms. The Morgan fingerprint density at radius 3 is 2.69 bits per heavy atom. The van der Waals surface area contributed by atoms with Crippen molar-refractivity contribution >= 4 is 40.5 Å². The van der Waals surface area contributed by atoms with Crippen molar-refractivity contribution in [2.24, 2.45) is 0 Å². The summed E-state index contributed by atoms with van der Waals surface area (Å²) >= 11 is 12.4. The highest BCUT2D eigenvalue weighted by atomic mass is 35.5. The summed E-state index contributed by atoms with van der Waals surface area (Å²) < 4.78 is 0. The highest BCUT2D eigenvalue weighted by Gasteiger charge is 2.27. The highest BCUT2D eigenvalue weighted by molar-refractivity contribution is 6.33. The summed E-state index contributed by atoms with van der Waals surface area (Å²) in [5.41, 5.74) is 4.10. The van der Waals surface area contributed by atoms with Gasteiger partial charge < -0.3 is 9.80 Å². The lowest BCUT2D eigenvalue weighted by Crippen LogP contribution is -2.43. The Morgan fingerprint density at radius 1 is 1.07 bits per heavy atom. The second kappa shape index (κ2) is 8.39. The lowest BCUT2D eigenvalue weighted by Gasteiger charge is -2.35. The number of halogens is 2. The van der Waals surface area contributed by atoms with Crippen LogP contribution >= 0.6 is 23.2 Å². The van der Waals surface area contributed by atoms with Gasteiger partial charge in [-0.3, -0.25) is 4.79 Å². The van der Waals surface area contributed by atoms with Crippen molar-refractivity contribution in [3.8, 4) is 0 Å². The van der Waals surface area contributed by atoms with Crippen LogP contribution in [0.25, 0.3) is 0 Å². The number of hydrogen-bond donors (Lipinski definition) is 0. The van der Waals surface area contributed by atoms with Gasteiger partial charge in [0.05, 0.1) is 22.6 Å². The predicted molar refractivity (Wildman–Crippen MR) is 117 cm³/mol. The zero-order valence-corrected chi connectivity index (χ0v) is 17.5. The molecule has 2 aromatic carbocycles. The molecular weight excluding hydrogens is 407 g/mol. The first-order chi connectivity index (χ1) is 14.0. The number of anilines is 2. The lowest BCUT2D eigenvalue weighted by atomic mass is 10.0. The molecular formula is C22H20Cl2N4O. The molecule has 0 spiro atoms. The maximum absolute atomic E-state index is 13.4. The molecule has 0 atom stereocenters. The van der Waals surface area contributed by atoms with Crippen molar-refractivity contribution in [1.29, 1.82) is 0 Å². The van der Waals surface area contributed by atoms with Crippen molar-refractivity contribution in [3.05, 3.63) is 81.9 Å². The number of amides is 1. The SMILES string of the molecule is CN1CCN(C(=O)c2cncnc2CCc2cc(Cl)ccc2Cl)c2ccccc21. The molecule has 0 bridgehead atoms. The van der Waals surface area contributed by atoms with Crippen LogP contribution in [0.2, 0.25) is 10.0 Å². The van der Waals surface area contributed by atoms with Crippen LogP contribution in [0.3, 0.4) is 0 Å². The van der Waals surface area contributed by atoms with Gasteiger partial charge in [0.1, 0.15) is 6.33 Å². The van der Waals surface area contributed by atoms with Crippen molar-refractivity contribution in [1.82, 2.24) is 9.97 Å². The largest absolute Gasteiger partial charge is 0.371 e. The molecule has 1 aliphatic rings. The first-order valence-electron chi connectivity index (χ1n) is 9.39. The maximum Gasteiger partial charge on any atom is 0.261 e. The third kappa shape index (κ3) is 4.07. The third-order valence-corrected chi connectivity index (χ3v) is 5.76. The molecule has 0 saturated carbocycles. The molecule has 0 N–H and O–H groups in total. The first kappa shape index (κ1) is 19.7. The van der Waals surface area contributed by atoms with Gasteiger partial charge in [-0.2, -0.15) is 0 Å². The summed E-state index contributed by atoms with van der Waals surface area (Å²) in [7, 11) is 2.03. The zero-order valence-electron chi connectivity index (χ0n) is 16.0. The van der Waals surface area contributed by atoms with Crippen LogP contribution in [0.15, 0.2) is 55.0 Å². The van der Waals surface area contributed by atoms with Gasteiger partial charge in [-0.15, -0.1) is 0 Å². The number of benzene rings is 2. The second-order valence-corrected chi connectivity index (χ2v) is 7.83. The summed E-state index contributed by atoms with van der Waals surface area (Å²) in [5, 5.41) is 1.29. The zero-order chi connectivity index (χ0) is 20.4. The van der Waals surface area contributed by atoms with Gasteiger partial charge in [0.15, 0.2) is 0 Å². The molecule has 4 rings (SSSR count). The second-order valence-electron chi connectivity index (χ2n) is 6.99. The van der Waals surface area contributed by atoms with E-state index in [1.54, 1.807) is 18.3 Å². The Kier molecular flexibility index (Phi) is 5.69. The van der Waals surface area contributed by atoms with Gasteiger partial charge in [0.25, 0.3) is 5.91 Å². The molecule has 7 heteroatoms. The van der Waals surface area contributed by atoms with Crippen LogP contribution in [0, 0.1) is 0 Å². The van der Waals surface area contributed by atoms with Crippen molar-refractivity contribution < 1.29 is 4.79 Å². The number of hydrogen-bond acceptors (Lipinski definition) is 4. The molecule has 0 aliphatic carbocycles. The summed E-state index contributed by atoms with van der Waals surface area (Å²) in [6.45, 7) is 1.38. The number of carbonyl (C=O) groups is 1. The van der Waals surface area contributed by atoms with E-state index in [1.165, 1.54) is 6.33 Å². The smallest absolute Gasteiger partial charge is 0.261 e. The number of fused-ring (bicyclic) bond motifs is 1. The number of carbonyl (C=O) groups excluding carboxylic acids is 1. The highest BCUT2D eigenvalue weighted by Crippen LogP contribution is 2.33. The van der Waals surface area contributed by atoms with Gasteiger partial charge in [0.2, 0.25) is 0 Å². The molecule has 148 valence electrons. The van der Waals surface area contributed by atoms with Crippen LogP contribution in [0.5, 0.6) is 0 Å². The quantitative estimate of drug-likeness (QED) is 0.608. The minimum absolute atomic E-state index is 0.0849. The maximum atomic E-state index is 13.4. The molecule has 3 aromatic rings. The van der Waals surface area contributed by atoms with E-state index in [1.807, 2.05) is 42.3 Å². The van der Waals surface area contributed by atoms with Crippen LogP contribution < -0.4 is 9.80 Å². The van der Waals surface area contributed by atoms with Crippen LogP contribution in [0.1, 0.15) is 21.6 Å². The molecule has 1 aromatic heterocycles. The first-order valence-corrected chi connectivity index (χ1v) is 10.1. The average Bonchev–Trinajstić information content (AvgIpc) is 2.75. The molecule has 5 nitrogen and oxygen atoms in total. The van der Waals surface area contributed by atoms with E-state index in [0.29, 0.717) is 40.7 Å². The molecule has 0 unspecified atom stereocenters. The fourth-order valence-corrected chi connectivity index (χ4v) is 3.99. The summed E-state index contributed by atoms with van der Waals surface area (Å²) in [6.07, 6.45) is 4.28. The van der Waals surface area contributed by atoms with E-state index < -0.39 is 0 Å². The number of nitrogens with zero attached hydrogens (tertiary/aromatic N) is 4. The van der Waals surface area contributed by atoms with E-state index in [9.17, 15) is 4.79 Å². The predicted octanol–water partition coefficient (Wildman–Crippen LogP) is 4.67. The molecule has 0 radical (unpaired) electrons. The topological polar surface area (TPSA) is 49.3 Å². The van der Waals surface area contributed by atoms with E-state index >= 15 is 0 Å². The Balaban J connectivity index is 1.61. The lowest BCUT2D eigenvalue weighted by molar-refractivity contribution is 0.0985. The van der Waals surface area contributed by atoms with Crippen molar-refractivity contribution in [2.45, 2.75) is 12.8 Å². The number of para-hydroxylation sites is 2. The number of rotatable bonds is 4. The van der Waals surface area contributed by atoms with E-state index in [0.717, 1.165) is 23.5 Å². The Labute approximate surface area is 179 Å². The fraction of sp³-hybridized carbons (Fsp3) is 0.227. The van der Waals surface area contributed by atoms with Crippen LogP contribution in [-0.4, -0.2) is 36.0 Å². The fourth-order valence-electron chi connectivity index (χ4n) is 3.58. The van der Waals surface area contributed by atoms with Gasteiger partial charge in [-0.1, -0.05) is 35.3 Å². The van der Waals surface area contributed by atoms with Crippen molar-refractivity contribution in [3.63, 3.8) is 0 Å². The standard InChI is InChI=1S/C22H20Cl2N4O/c1-27-10-11-28(21-5-3-2-4-20(21)27)22(29)17-13-25-14-26-19(17)9-6-15-12-16(23)7-8-18(15)24/h2-5,7-8,12-14H,6,9-11H2,1H3. The number of aromatic nitrogens is 2. The Hall–Kier alpha value is -2.63.